The van der Waals surface area contributed by atoms with Gasteiger partial charge in [-0.25, -0.2) is 0 Å². The number of ether oxygens (including phenoxy) is 1. The zero-order valence-electron chi connectivity index (χ0n) is 18.2. The number of carbonyl (C=O) groups excluding carboxylic acids is 1. The lowest BCUT2D eigenvalue weighted by atomic mass is 10.1. The number of nitrogens with zero attached hydrogens (tertiary/aromatic N) is 1. The van der Waals surface area contributed by atoms with Gasteiger partial charge >= 0.3 is 0 Å². The number of benzene rings is 2. The van der Waals surface area contributed by atoms with Crippen molar-refractivity contribution >= 4 is 41.5 Å². The minimum atomic E-state index is 0. The first-order valence-corrected chi connectivity index (χ1v) is 10.1. The minimum absolute atomic E-state index is 0. The van der Waals surface area contributed by atoms with Crippen molar-refractivity contribution in [3.05, 3.63) is 59.7 Å². The molecule has 0 atom stereocenters. The molecular weight excluding hydrogens is 491 g/mol. The summed E-state index contributed by atoms with van der Waals surface area (Å²) in [5.41, 5.74) is 2.95. The highest BCUT2D eigenvalue weighted by Gasteiger charge is 2.07. The van der Waals surface area contributed by atoms with E-state index in [2.05, 4.69) is 20.9 Å². The predicted molar refractivity (Wildman–Crippen MR) is 135 cm³/mol. The summed E-state index contributed by atoms with van der Waals surface area (Å²) >= 11 is 0. The van der Waals surface area contributed by atoms with E-state index in [-0.39, 0.29) is 29.9 Å². The third-order valence-electron chi connectivity index (χ3n) is 4.21. The molecule has 164 valence electrons. The molecule has 7 heteroatoms. The van der Waals surface area contributed by atoms with Gasteiger partial charge in [-0.05, 0) is 36.6 Å². The zero-order valence-corrected chi connectivity index (χ0v) is 20.5. The van der Waals surface area contributed by atoms with Crippen LogP contribution in [0.25, 0.3) is 0 Å². The van der Waals surface area contributed by atoms with Crippen molar-refractivity contribution in [1.82, 2.24) is 10.6 Å². The molecule has 0 aliphatic carbocycles. The highest BCUT2D eigenvalue weighted by molar-refractivity contribution is 14.0. The van der Waals surface area contributed by atoms with Gasteiger partial charge in [0.15, 0.2) is 5.96 Å². The average Bonchev–Trinajstić information content (AvgIpc) is 2.69. The number of aliphatic imine (C=N–C) groups is 1. The summed E-state index contributed by atoms with van der Waals surface area (Å²) in [5.74, 6) is 1.95. The first-order chi connectivity index (χ1) is 14.0. The third kappa shape index (κ3) is 9.02. The molecule has 2 aromatic rings. The molecule has 0 fully saturated rings. The first-order valence-electron chi connectivity index (χ1n) is 10.1. The van der Waals surface area contributed by atoms with Crippen LogP contribution in [0.4, 0.5) is 5.69 Å². The van der Waals surface area contributed by atoms with Crippen molar-refractivity contribution in [3.8, 4) is 5.75 Å². The molecule has 0 unspecified atom stereocenters. The van der Waals surface area contributed by atoms with Gasteiger partial charge in [0, 0.05) is 37.8 Å². The maximum atomic E-state index is 12.0. The van der Waals surface area contributed by atoms with Crippen LogP contribution in [-0.4, -0.2) is 25.5 Å². The fourth-order valence-corrected chi connectivity index (χ4v) is 2.87. The van der Waals surface area contributed by atoms with Crippen LogP contribution in [0.1, 0.15) is 38.3 Å². The Morgan fingerprint density at radius 3 is 2.50 bits per heavy atom. The lowest BCUT2D eigenvalue weighted by Gasteiger charge is -2.15. The Morgan fingerprint density at radius 2 is 1.80 bits per heavy atom. The lowest BCUT2D eigenvalue weighted by Crippen LogP contribution is -2.36. The number of rotatable bonds is 9. The maximum Gasteiger partial charge on any atom is 0.224 e. The second kappa shape index (κ2) is 13.8. The second-order valence-electron chi connectivity index (χ2n) is 7.17. The van der Waals surface area contributed by atoms with Gasteiger partial charge in [0.25, 0.3) is 0 Å². The summed E-state index contributed by atoms with van der Waals surface area (Å²) in [6.07, 6.45) is 0.516. The van der Waals surface area contributed by atoms with Crippen LogP contribution in [0.2, 0.25) is 0 Å². The number of guanidine groups is 1. The molecule has 0 heterocycles. The SMILES string of the molecule is CCOc1ccccc1CNC(=NC)NCc1cccc(NC(=O)CC(C)C)c1.I. The summed E-state index contributed by atoms with van der Waals surface area (Å²) in [4.78, 5) is 16.3. The zero-order chi connectivity index (χ0) is 21.1. The van der Waals surface area contributed by atoms with Crippen LogP contribution in [0.5, 0.6) is 5.75 Å². The van der Waals surface area contributed by atoms with Crippen molar-refractivity contribution in [2.45, 2.75) is 40.3 Å². The molecule has 30 heavy (non-hydrogen) atoms. The van der Waals surface area contributed by atoms with Crippen molar-refractivity contribution in [3.63, 3.8) is 0 Å². The van der Waals surface area contributed by atoms with Crippen LogP contribution >= 0.6 is 24.0 Å². The van der Waals surface area contributed by atoms with Gasteiger partial charge in [0.05, 0.1) is 6.61 Å². The highest BCUT2D eigenvalue weighted by atomic mass is 127. The van der Waals surface area contributed by atoms with Gasteiger partial charge in [-0.15, -0.1) is 24.0 Å². The Balaban J connectivity index is 0.00000450. The molecule has 0 bridgehead atoms. The number of carbonyl (C=O) groups is 1. The second-order valence-corrected chi connectivity index (χ2v) is 7.17. The van der Waals surface area contributed by atoms with E-state index < -0.39 is 0 Å². The summed E-state index contributed by atoms with van der Waals surface area (Å²) in [6, 6.07) is 15.8. The predicted octanol–water partition coefficient (Wildman–Crippen LogP) is 4.55. The largest absolute Gasteiger partial charge is 0.494 e. The molecule has 2 aromatic carbocycles. The number of anilines is 1. The summed E-state index contributed by atoms with van der Waals surface area (Å²) in [6.45, 7) is 7.89. The monoisotopic (exact) mass is 524 g/mol. The third-order valence-corrected chi connectivity index (χ3v) is 4.21. The van der Waals surface area contributed by atoms with Crippen LogP contribution in [0.15, 0.2) is 53.5 Å². The Kier molecular flexibility index (Phi) is 11.9. The Labute approximate surface area is 196 Å². The molecule has 3 N–H and O–H groups in total. The molecule has 1 amide bonds. The minimum Gasteiger partial charge on any atom is -0.494 e. The fourth-order valence-electron chi connectivity index (χ4n) is 2.87. The quantitative estimate of drug-likeness (QED) is 0.256. The number of hydrogen-bond acceptors (Lipinski definition) is 3. The van der Waals surface area contributed by atoms with Crippen molar-refractivity contribution < 1.29 is 9.53 Å². The van der Waals surface area contributed by atoms with Gasteiger partial charge < -0.3 is 20.7 Å². The molecule has 6 nitrogen and oxygen atoms in total. The smallest absolute Gasteiger partial charge is 0.224 e. The lowest BCUT2D eigenvalue weighted by molar-refractivity contribution is -0.116. The molecule has 0 aliphatic heterocycles. The number of nitrogens with one attached hydrogen (secondary N) is 3. The highest BCUT2D eigenvalue weighted by Crippen LogP contribution is 2.17. The molecular formula is C23H33IN4O2. The average molecular weight is 524 g/mol. The summed E-state index contributed by atoms with van der Waals surface area (Å²) in [7, 11) is 1.74. The van der Waals surface area contributed by atoms with Gasteiger partial charge in [0.2, 0.25) is 5.91 Å². The first kappa shape index (κ1) is 25.7. The van der Waals surface area contributed by atoms with E-state index in [1.165, 1.54) is 0 Å². The standard InChI is InChI=1S/C23H32N4O2.HI/c1-5-29-21-12-7-6-10-19(21)16-26-23(24-4)25-15-18-9-8-11-20(14-18)27-22(28)13-17(2)3;/h6-12,14,17H,5,13,15-16H2,1-4H3,(H,27,28)(H2,24,25,26);1H. The van der Waals surface area contributed by atoms with Crippen molar-refractivity contribution in [2.24, 2.45) is 10.9 Å². The van der Waals surface area contributed by atoms with E-state index in [4.69, 9.17) is 4.74 Å². The van der Waals surface area contributed by atoms with E-state index in [0.29, 0.717) is 38.0 Å². The van der Waals surface area contributed by atoms with Crippen LogP contribution < -0.4 is 20.7 Å². The maximum absolute atomic E-state index is 12.0. The molecule has 2 rings (SSSR count). The Hall–Kier alpha value is -2.29. The van der Waals surface area contributed by atoms with Gasteiger partial charge in [-0.2, -0.15) is 0 Å². The summed E-state index contributed by atoms with van der Waals surface area (Å²) in [5, 5.41) is 9.57. The van der Waals surface area contributed by atoms with Gasteiger partial charge in [0.1, 0.15) is 5.75 Å². The number of amides is 1. The van der Waals surface area contributed by atoms with Crippen LogP contribution in [0, 0.1) is 5.92 Å². The van der Waals surface area contributed by atoms with E-state index in [1.54, 1.807) is 7.05 Å². The Bertz CT molecular complexity index is 824. The topological polar surface area (TPSA) is 74.8 Å². The number of para-hydroxylation sites is 1. The van der Waals surface area contributed by atoms with E-state index in [0.717, 1.165) is 22.6 Å². The fraction of sp³-hybridized carbons (Fsp3) is 0.391. The van der Waals surface area contributed by atoms with Gasteiger partial charge in [-0.3, -0.25) is 9.79 Å². The van der Waals surface area contributed by atoms with Crippen LogP contribution in [0.3, 0.4) is 0 Å². The molecule has 0 saturated carbocycles. The number of halogens is 1. The van der Waals surface area contributed by atoms with Crippen molar-refractivity contribution in [1.29, 1.82) is 0 Å². The van der Waals surface area contributed by atoms with Crippen molar-refractivity contribution in [2.75, 3.05) is 19.0 Å². The van der Waals surface area contributed by atoms with Gasteiger partial charge in [-0.1, -0.05) is 44.2 Å². The Morgan fingerprint density at radius 1 is 1.07 bits per heavy atom. The molecule has 0 spiro atoms. The van der Waals surface area contributed by atoms with E-state index >= 15 is 0 Å². The van der Waals surface area contributed by atoms with E-state index in [9.17, 15) is 4.79 Å². The van der Waals surface area contributed by atoms with E-state index in [1.807, 2.05) is 69.3 Å². The number of hydrogen-bond donors (Lipinski definition) is 3. The molecule has 0 aromatic heterocycles. The molecule has 0 saturated heterocycles. The summed E-state index contributed by atoms with van der Waals surface area (Å²) < 4.78 is 5.67. The molecule has 0 radical (unpaired) electrons. The normalized spacial score (nSPS) is 10.9. The van der Waals surface area contributed by atoms with Crippen LogP contribution in [-0.2, 0) is 17.9 Å². The molecule has 0 aliphatic rings.